The molecule has 3 rings (SSSR count). The number of ether oxygens (including phenoxy) is 1. The predicted molar refractivity (Wildman–Crippen MR) is 115 cm³/mol. The van der Waals surface area contributed by atoms with Crippen molar-refractivity contribution in [3.63, 3.8) is 0 Å². The second-order valence-electron chi connectivity index (χ2n) is 6.85. The van der Waals surface area contributed by atoms with Gasteiger partial charge in [0, 0.05) is 13.7 Å². The molecule has 1 amide bonds. The number of nitrogens with zero attached hydrogens (tertiary/aromatic N) is 3. The van der Waals surface area contributed by atoms with Gasteiger partial charge in [-0.1, -0.05) is 29.8 Å². The highest BCUT2D eigenvalue weighted by atomic mass is 35.5. The summed E-state index contributed by atoms with van der Waals surface area (Å²) in [6.45, 7) is 4.54. The molecule has 0 aliphatic carbocycles. The van der Waals surface area contributed by atoms with Gasteiger partial charge in [0.2, 0.25) is 5.91 Å². The number of carbonyl (C=O) groups is 1. The fourth-order valence-corrected chi connectivity index (χ4v) is 3.47. The van der Waals surface area contributed by atoms with Crippen molar-refractivity contribution in [2.45, 2.75) is 19.9 Å². The minimum Gasteiger partial charge on any atom is -0.383 e. The standard InChI is InChI=1S/C22H24ClN3O3/c1-15-8-10-17(11-9-15)26-21(16(2)25(12-13-29-3)20(27)14-23)24-19-7-5-4-6-18(19)22(26)28/h4-11,16H,12-14H2,1-3H3/t16-/m1/s1. The number of para-hydroxylation sites is 1. The number of aryl methyl sites for hydroxylation is 1. The van der Waals surface area contributed by atoms with Crippen LogP contribution in [0.15, 0.2) is 53.3 Å². The molecule has 0 saturated heterocycles. The zero-order valence-electron chi connectivity index (χ0n) is 16.8. The first-order valence-electron chi connectivity index (χ1n) is 9.41. The molecule has 0 bridgehead atoms. The number of hydrogen-bond acceptors (Lipinski definition) is 4. The second-order valence-corrected chi connectivity index (χ2v) is 7.12. The number of amides is 1. The molecule has 6 nitrogen and oxygen atoms in total. The Bertz CT molecular complexity index is 1060. The average molecular weight is 414 g/mol. The van der Waals surface area contributed by atoms with E-state index < -0.39 is 6.04 Å². The molecule has 0 fully saturated rings. The molecular weight excluding hydrogens is 390 g/mol. The minimum absolute atomic E-state index is 0.156. The van der Waals surface area contributed by atoms with Crippen LogP contribution in [0.1, 0.15) is 24.4 Å². The molecule has 1 heterocycles. The van der Waals surface area contributed by atoms with Crippen LogP contribution in [0.4, 0.5) is 0 Å². The summed E-state index contributed by atoms with van der Waals surface area (Å²) in [6.07, 6.45) is 0. The van der Waals surface area contributed by atoms with E-state index >= 15 is 0 Å². The minimum atomic E-state index is -0.477. The summed E-state index contributed by atoms with van der Waals surface area (Å²) in [5.41, 5.74) is 2.20. The molecule has 7 heteroatoms. The van der Waals surface area contributed by atoms with Crippen LogP contribution in [0.25, 0.3) is 16.6 Å². The smallest absolute Gasteiger partial charge is 0.266 e. The van der Waals surface area contributed by atoms with Gasteiger partial charge in [0.05, 0.1) is 29.2 Å². The van der Waals surface area contributed by atoms with Gasteiger partial charge < -0.3 is 9.64 Å². The number of benzene rings is 2. The second kappa shape index (κ2) is 9.20. The van der Waals surface area contributed by atoms with Gasteiger partial charge in [-0.05, 0) is 38.1 Å². The van der Waals surface area contributed by atoms with Gasteiger partial charge in [-0.3, -0.25) is 14.2 Å². The van der Waals surface area contributed by atoms with Gasteiger partial charge in [-0.15, -0.1) is 11.6 Å². The summed E-state index contributed by atoms with van der Waals surface area (Å²) in [5.74, 6) is 0.0809. The largest absolute Gasteiger partial charge is 0.383 e. The maximum Gasteiger partial charge on any atom is 0.266 e. The van der Waals surface area contributed by atoms with Gasteiger partial charge in [0.25, 0.3) is 5.56 Å². The van der Waals surface area contributed by atoms with Crippen molar-refractivity contribution in [2.75, 3.05) is 26.1 Å². The fourth-order valence-electron chi connectivity index (χ4n) is 3.31. The molecule has 152 valence electrons. The van der Waals surface area contributed by atoms with E-state index in [1.807, 2.05) is 50.2 Å². The highest BCUT2D eigenvalue weighted by Gasteiger charge is 2.26. The first-order chi connectivity index (χ1) is 14.0. The zero-order chi connectivity index (χ0) is 21.0. The third-order valence-corrected chi connectivity index (χ3v) is 5.13. The highest BCUT2D eigenvalue weighted by Crippen LogP contribution is 2.23. The van der Waals surface area contributed by atoms with E-state index in [9.17, 15) is 9.59 Å². The van der Waals surface area contributed by atoms with E-state index in [0.29, 0.717) is 35.6 Å². The molecule has 3 aromatic rings. The third-order valence-electron chi connectivity index (χ3n) is 4.91. The van der Waals surface area contributed by atoms with Crippen molar-refractivity contribution in [1.82, 2.24) is 14.5 Å². The molecule has 0 spiro atoms. The molecule has 0 aliphatic heterocycles. The lowest BCUT2D eigenvalue weighted by molar-refractivity contribution is -0.131. The number of aromatic nitrogens is 2. The van der Waals surface area contributed by atoms with Crippen molar-refractivity contribution in [3.8, 4) is 5.69 Å². The Hall–Kier alpha value is -2.70. The van der Waals surface area contributed by atoms with Crippen LogP contribution < -0.4 is 5.56 Å². The van der Waals surface area contributed by atoms with Crippen LogP contribution in [-0.4, -0.2) is 46.5 Å². The van der Waals surface area contributed by atoms with E-state index in [-0.39, 0.29) is 17.3 Å². The number of carbonyl (C=O) groups excluding carboxylic acids is 1. The molecule has 0 N–H and O–H groups in total. The predicted octanol–water partition coefficient (Wildman–Crippen LogP) is 3.47. The van der Waals surface area contributed by atoms with E-state index in [1.54, 1.807) is 28.7 Å². The monoisotopic (exact) mass is 413 g/mol. The third kappa shape index (κ3) is 4.33. The SMILES string of the molecule is COCCN(C(=O)CCl)[C@H](C)c1nc2ccccc2c(=O)n1-c1ccc(C)cc1. The van der Waals surface area contributed by atoms with Crippen molar-refractivity contribution in [2.24, 2.45) is 0 Å². The molecule has 29 heavy (non-hydrogen) atoms. The summed E-state index contributed by atoms with van der Waals surface area (Å²) in [5, 5.41) is 0.524. The Morgan fingerprint density at radius 2 is 1.90 bits per heavy atom. The van der Waals surface area contributed by atoms with E-state index in [2.05, 4.69) is 0 Å². The number of fused-ring (bicyclic) bond motifs is 1. The summed E-state index contributed by atoms with van der Waals surface area (Å²) < 4.78 is 6.73. The normalized spacial score (nSPS) is 12.1. The molecule has 0 aliphatic rings. The number of alkyl halides is 1. The molecule has 0 unspecified atom stereocenters. The molecule has 0 radical (unpaired) electrons. The van der Waals surface area contributed by atoms with Crippen LogP contribution in [0, 0.1) is 6.92 Å². The first-order valence-corrected chi connectivity index (χ1v) is 9.94. The number of rotatable bonds is 7. The number of methoxy groups -OCH3 is 1. The van der Waals surface area contributed by atoms with Crippen LogP contribution in [-0.2, 0) is 9.53 Å². The quantitative estimate of drug-likeness (QED) is 0.556. The molecular formula is C22H24ClN3O3. The summed E-state index contributed by atoms with van der Waals surface area (Å²) in [7, 11) is 1.57. The summed E-state index contributed by atoms with van der Waals surface area (Å²) in [4.78, 5) is 32.2. The van der Waals surface area contributed by atoms with Gasteiger partial charge in [-0.2, -0.15) is 0 Å². The van der Waals surface area contributed by atoms with E-state index in [4.69, 9.17) is 21.3 Å². The maximum absolute atomic E-state index is 13.4. The lowest BCUT2D eigenvalue weighted by Gasteiger charge is -2.30. The molecule has 1 atom stereocenters. The Balaban J connectivity index is 2.24. The van der Waals surface area contributed by atoms with E-state index in [1.165, 1.54) is 0 Å². The lowest BCUT2D eigenvalue weighted by Crippen LogP contribution is -2.40. The van der Waals surface area contributed by atoms with Gasteiger partial charge in [-0.25, -0.2) is 4.98 Å². The number of halogens is 1. The zero-order valence-corrected chi connectivity index (χ0v) is 17.5. The average Bonchev–Trinajstić information content (AvgIpc) is 2.74. The Morgan fingerprint density at radius 1 is 1.21 bits per heavy atom. The van der Waals surface area contributed by atoms with Crippen LogP contribution >= 0.6 is 11.6 Å². The fraction of sp³-hybridized carbons (Fsp3) is 0.318. The number of hydrogen-bond donors (Lipinski definition) is 0. The summed E-state index contributed by atoms with van der Waals surface area (Å²) >= 11 is 5.84. The lowest BCUT2D eigenvalue weighted by atomic mass is 10.1. The van der Waals surface area contributed by atoms with Crippen molar-refractivity contribution < 1.29 is 9.53 Å². The maximum atomic E-state index is 13.4. The topological polar surface area (TPSA) is 64.4 Å². The Kier molecular flexibility index (Phi) is 6.67. The van der Waals surface area contributed by atoms with Gasteiger partial charge in [0.1, 0.15) is 11.7 Å². The summed E-state index contributed by atoms with van der Waals surface area (Å²) in [6, 6.07) is 14.4. The van der Waals surface area contributed by atoms with Crippen LogP contribution in [0.3, 0.4) is 0 Å². The van der Waals surface area contributed by atoms with Gasteiger partial charge >= 0.3 is 0 Å². The molecule has 2 aromatic carbocycles. The van der Waals surface area contributed by atoms with E-state index in [0.717, 1.165) is 5.56 Å². The highest BCUT2D eigenvalue weighted by molar-refractivity contribution is 6.27. The Morgan fingerprint density at radius 3 is 2.55 bits per heavy atom. The van der Waals surface area contributed by atoms with Gasteiger partial charge in [0.15, 0.2) is 0 Å². The van der Waals surface area contributed by atoms with Crippen molar-refractivity contribution in [1.29, 1.82) is 0 Å². The van der Waals surface area contributed by atoms with Crippen molar-refractivity contribution in [3.05, 3.63) is 70.3 Å². The Labute approximate surface area is 174 Å². The molecule has 1 aromatic heterocycles. The molecule has 0 saturated carbocycles. The van der Waals surface area contributed by atoms with Crippen LogP contribution in [0.5, 0.6) is 0 Å². The van der Waals surface area contributed by atoms with Crippen molar-refractivity contribution >= 4 is 28.4 Å². The first kappa shape index (κ1) is 21.0. The van der Waals surface area contributed by atoms with Crippen LogP contribution in [0.2, 0.25) is 0 Å².